The van der Waals surface area contributed by atoms with Gasteiger partial charge in [-0.05, 0) is 49.4 Å². The highest BCUT2D eigenvalue weighted by atomic mass is 16.2. The van der Waals surface area contributed by atoms with Crippen molar-refractivity contribution in [3.05, 3.63) is 58.4 Å². The Labute approximate surface area is 181 Å². The van der Waals surface area contributed by atoms with Crippen LogP contribution in [0.5, 0.6) is 0 Å². The van der Waals surface area contributed by atoms with Gasteiger partial charge in [-0.25, -0.2) is 4.68 Å². The van der Waals surface area contributed by atoms with E-state index in [0.29, 0.717) is 10.9 Å². The Kier molecular flexibility index (Phi) is 6.27. The molecule has 4 rings (SSSR count). The molecule has 0 spiro atoms. The van der Waals surface area contributed by atoms with Gasteiger partial charge < -0.3 is 15.1 Å². The fraction of sp³-hybridized carbons (Fsp3) is 0.391. The van der Waals surface area contributed by atoms with Crippen LogP contribution in [-0.4, -0.2) is 58.5 Å². The quantitative estimate of drug-likeness (QED) is 0.659. The van der Waals surface area contributed by atoms with Gasteiger partial charge in [-0.15, -0.1) is 5.10 Å². The Hall–Kier alpha value is -3.26. The molecule has 1 fully saturated rings. The molecule has 3 aromatic rings. The van der Waals surface area contributed by atoms with Crippen LogP contribution in [0.15, 0.2) is 47.3 Å². The summed E-state index contributed by atoms with van der Waals surface area (Å²) in [7, 11) is 0. The van der Waals surface area contributed by atoms with E-state index in [9.17, 15) is 9.59 Å². The Bertz CT molecular complexity index is 1130. The third-order valence-corrected chi connectivity index (χ3v) is 5.85. The monoisotopic (exact) mass is 420 g/mol. The molecule has 2 aromatic carbocycles. The molecule has 0 radical (unpaired) electrons. The maximum absolute atomic E-state index is 12.5. The van der Waals surface area contributed by atoms with Crippen LogP contribution in [0, 0.1) is 6.92 Å². The third kappa shape index (κ3) is 4.74. The summed E-state index contributed by atoms with van der Waals surface area (Å²) in [6.07, 6.45) is 0.146. The fourth-order valence-corrected chi connectivity index (χ4v) is 3.90. The van der Waals surface area contributed by atoms with Crippen molar-refractivity contribution >= 4 is 28.2 Å². The predicted molar refractivity (Wildman–Crippen MR) is 123 cm³/mol. The van der Waals surface area contributed by atoms with Crippen LogP contribution in [-0.2, 0) is 11.3 Å². The van der Waals surface area contributed by atoms with E-state index in [4.69, 9.17) is 0 Å². The number of fused-ring (bicyclic) bond motifs is 1. The first kappa shape index (κ1) is 21.0. The number of piperazine rings is 1. The fourth-order valence-electron chi connectivity index (χ4n) is 3.90. The molecular weight excluding hydrogens is 392 g/mol. The summed E-state index contributed by atoms with van der Waals surface area (Å²) < 4.78 is 1.24. The second kappa shape index (κ2) is 9.26. The summed E-state index contributed by atoms with van der Waals surface area (Å²) in [6, 6.07) is 13.2. The number of aromatic nitrogens is 3. The molecular formula is C23H28N6O2. The highest BCUT2D eigenvalue weighted by Gasteiger charge is 2.17. The average Bonchev–Trinajstić information content (AvgIpc) is 2.80. The maximum atomic E-state index is 12.5. The molecule has 1 aliphatic heterocycles. The Balaban J connectivity index is 1.37. The van der Waals surface area contributed by atoms with E-state index < -0.39 is 0 Å². The van der Waals surface area contributed by atoms with Gasteiger partial charge in [0.05, 0.1) is 11.9 Å². The topological polar surface area (TPSA) is 83.4 Å². The van der Waals surface area contributed by atoms with Crippen molar-refractivity contribution in [2.45, 2.75) is 26.8 Å². The van der Waals surface area contributed by atoms with Gasteiger partial charge in [0, 0.05) is 44.0 Å². The molecule has 162 valence electrons. The van der Waals surface area contributed by atoms with Crippen LogP contribution >= 0.6 is 0 Å². The predicted octanol–water partition coefficient (Wildman–Crippen LogP) is 2.27. The molecule has 2 heterocycles. The summed E-state index contributed by atoms with van der Waals surface area (Å²) >= 11 is 0. The van der Waals surface area contributed by atoms with Crippen molar-refractivity contribution in [3.8, 4) is 0 Å². The normalized spacial score (nSPS) is 14.7. The molecule has 0 atom stereocenters. The largest absolute Gasteiger partial charge is 0.369 e. The number of carbonyl (C=O) groups is 1. The first-order valence-corrected chi connectivity index (χ1v) is 10.8. The summed E-state index contributed by atoms with van der Waals surface area (Å²) in [5.74, 6) is -0.158. The van der Waals surface area contributed by atoms with Crippen molar-refractivity contribution in [2.24, 2.45) is 0 Å². The van der Waals surface area contributed by atoms with Crippen LogP contribution in [0.2, 0.25) is 0 Å². The highest BCUT2D eigenvalue weighted by Crippen LogP contribution is 2.24. The van der Waals surface area contributed by atoms with Gasteiger partial charge in [0.2, 0.25) is 5.91 Å². The van der Waals surface area contributed by atoms with Gasteiger partial charge in [0.25, 0.3) is 5.56 Å². The molecule has 1 aliphatic rings. The van der Waals surface area contributed by atoms with Crippen LogP contribution in [0.1, 0.15) is 18.9 Å². The molecule has 8 nitrogen and oxygen atoms in total. The highest BCUT2D eigenvalue weighted by molar-refractivity contribution is 5.91. The minimum atomic E-state index is -0.234. The Morgan fingerprint density at radius 2 is 1.87 bits per heavy atom. The van der Waals surface area contributed by atoms with Crippen LogP contribution in [0.3, 0.4) is 0 Å². The van der Waals surface area contributed by atoms with E-state index in [1.165, 1.54) is 10.4 Å². The number of anilines is 2. The van der Waals surface area contributed by atoms with E-state index in [1.54, 1.807) is 18.2 Å². The second-order valence-corrected chi connectivity index (χ2v) is 7.85. The van der Waals surface area contributed by atoms with E-state index in [2.05, 4.69) is 44.5 Å². The first-order valence-electron chi connectivity index (χ1n) is 10.8. The summed E-state index contributed by atoms with van der Waals surface area (Å²) in [5.41, 5.74) is 3.32. The van der Waals surface area contributed by atoms with Crippen LogP contribution in [0.4, 0.5) is 11.4 Å². The van der Waals surface area contributed by atoms with Gasteiger partial charge in [-0.3, -0.25) is 9.59 Å². The van der Waals surface area contributed by atoms with Crippen LogP contribution < -0.4 is 15.8 Å². The minimum absolute atomic E-state index is 0.146. The van der Waals surface area contributed by atoms with E-state index in [-0.39, 0.29) is 24.4 Å². The number of aryl methyl sites for hydroxylation is 2. The van der Waals surface area contributed by atoms with Gasteiger partial charge in [0.1, 0.15) is 5.52 Å². The van der Waals surface area contributed by atoms with Gasteiger partial charge in [0.15, 0.2) is 0 Å². The lowest BCUT2D eigenvalue weighted by Gasteiger charge is -2.35. The van der Waals surface area contributed by atoms with Crippen molar-refractivity contribution < 1.29 is 4.79 Å². The lowest BCUT2D eigenvalue weighted by molar-refractivity contribution is -0.116. The maximum Gasteiger partial charge on any atom is 0.277 e. The number of amides is 1. The molecule has 1 amide bonds. The zero-order valence-corrected chi connectivity index (χ0v) is 18.0. The molecule has 0 saturated carbocycles. The third-order valence-electron chi connectivity index (χ3n) is 5.85. The van der Waals surface area contributed by atoms with Gasteiger partial charge >= 0.3 is 0 Å². The summed E-state index contributed by atoms with van der Waals surface area (Å²) in [5, 5.41) is 11.5. The number of rotatable bonds is 6. The second-order valence-electron chi connectivity index (χ2n) is 7.85. The number of nitrogens with zero attached hydrogens (tertiary/aromatic N) is 5. The number of likely N-dealkylation sites (N-methyl/N-ethyl adjacent to an activating group) is 1. The summed E-state index contributed by atoms with van der Waals surface area (Å²) in [6.45, 7) is 9.65. The molecule has 0 bridgehead atoms. The Morgan fingerprint density at radius 3 is 2.61 bits per heavy atom. The molecule has 0 unspecified atom stereocenters. The SMILES string of the molecule is CCN1CCN(c2ccc(NC(=O)CCn3nnc4ccccc4c3=O)c(C)c2)CC1. The van der Waals surface area contributed by atoms with E-state index >= 15 is 0 Å². The van der Waals surface area contributed by atoms with E-state index in [0.717, 1.165) is 44.0 Å². The Morgan fingerprint density at radius 1 is 1.10 bits per heavy atom. The molecule has 8 heteroatoms. The van der Waals surface area contributed by atoms with Crippen molar-refractivity contribution in [1.82, 2.24) is 19.9 Å². The molecule has 31 heavy (non-hydrogen) atoms. The lowest BCUT2D eigenvalue weighted by atomic mass is 10.1. The van der Waals surface area contributed by atoms with Crippen molar-refractivity contribution in [3.63, 3.8) is 0 Å². The van der Waals surface area contributed by atoms with Crippen molar-refractivity contribution in [2.75, 3.05) is 42.9 Å². The molecule has 1 saturated heterocycles. The van der Waals surface area contributed by atoms with Gasteiger partial charge in [-0.2, -0.15) is 0 Å². The molecule has 0 aliphatic carbocycles. The number of nitrogens with one attached hydrogen (secondary N) is 1. The molecule has 1 aromatic heterocycles. The molecule has 1 N–H and O–H groups in total. The zero-order chi connectivity index (χ0) is 21.8. The smallest absolute Gasteiger partial charge is 0.277 e. The number of hydrogen-bond donors (Lipinski definition) is 1. The summed E-state index contributed by atoms with van der Waals surface area (Å²) in [4.78, 5) is 29.8. The van der Waals surface area contributed by atoms with Gasteiger partial charge in [-0.1, -0.05) is 24.3 Å². The van der Waals surface area contributed by atoms with Crippen molar-refractivity contribution in [1.29, 1.82) is 0 Å². The number of hydrogen-bond acceptors (Lipinski definition) is 6. The first-order chi connectivity index (χ1) is 15.0. The minimum Gasteiger partial charge on any atom is -0.369 e. The number of carbonyl (C=O) groups excluding carboxylic acids is 1. The number of benzene rings is 2. The zero-order valence-electron chi connectivity index (χ0n) is 18.0. The standard InChI is InChI=1S/C23H28N6O2/c1-3-27-12-14-28(15-13-27)18-8-9-20(17(2)16-18)24-22(30)10-11-29-23(31)19-6-4-5-7-21(19)25-26-29/h4-9,16H,3,10-15H2,1-2H3,(H,24,30). The van der Waals surface area contributed by atoms with Crippen LogP contribution in [0.25, 0.3) is 10.9 Å². The van der Waals surface area contributed by atoms with E-state index in [1.807, 2.05) is 19.1 Å². The average molecular weight is 421 g/mol. The lowest BCUT2D eigenvalue weighted by Crippen LogP contribution is -2.46.